The first-order valence-electron chi connectivity index (χ1n) is 8.73. The Hall–Kier alpha value is -0.805. The van der Waals surface area contributed by atoms with Gasteiger partial charge in [-0.15, -0.1) is 0 Å². The van der Waals surface area contributed by atoms with Crippen LogP contribution in [-0.2, 0) is 15.9 Å². The number of hydrogen-bond acceptors (Lipinski definition) is 3. The normalized spacial score (nSPS) is 35.5. The van der Waals surface area contributed by atoms with Gasteiger partial charge in [0, 0.05) is 12.7 Å². The van der Waals surface area contributed by atoms with Crippen LogP contribution in [0.15, 0.2) is 12.3 Å². The molecule has 2 aliphatic carbocycles. The molecule has 0 amide bonds. The van der Waals surface area contributed by atoms with E-state index in [0.717, 1.165) is 29.9 Å². The number of rotatable bonds is 3. The van der Waals surface area contributed by atoms with Crippen molar-refractivity contribution in [2.45, 2.75) is 71.1 Å². The molecule has 4 nitrogen and oxygen atoms in total. The molecule has 3 unspecified atom stereocenters. The van der Waals surface area contributed by atoms with Gasteiger partial charge in [0.1, 0.15) is 0 Å². The van der Waals surface area contributed by atoms with Crippen LogP contribution in [0.5, 0.6) is 0 Å². The summed E-state index contributed by atoms with van der Waals surface area (Å²) in [6.07, 6.45) is 7.83. The molecule has 5 heteroatoms. The maximum atomic E-state index is 6.08. The molecule has 22 heavy (non-hydrogen) atoms. The molecule has 3 fully saturated rings. The summed E-state index contributed by atoms with van der Waals surface area (Å²) in [7, 11) is -0.341. The van der Waals surface area contributed by atoms with Crippen LogP contribution in [0, 0.1) is 17.8 Å². The second-order valence-electron chi connectivity index (χ2n) is 8.49. The van der Waals surface area contributed by atoms with Gasteiger partial charge in [0.15, 0.2) is 0 Å². The average molecular weight is 302 g/mol. The first kappa shape index (κ1) is 14.8. The van der Waals surface area contributed by atoms with Gasteiger partial charge in [-0.05, 0) is 70.8 Å². The van der Waals surface area contributed by atoms with Crippen LogP contribution in [-0.4, -0.2) is 28.1 Å². The summed E-state index contributed by atoms with van der Waals surface area (Å²) < 4.78 is 14.3. The monoisotopic (exact) mass is 302 g/mol. The highest BCUT2D eigenvalue weighted by molar-refractivity contribution is 6.61. The van der Waals surface area contributed by atoms with E-state index in [0.29, 0.717) is 0 Å². The lowest BCUT2D eigenvalue weighted by Crippen LogP contribution is -2.41. The van der Waals surface area contributed by atoms with E-state index in [-0.39, 0.29) is 18.3 Å². The van der Waals surface area contributed by atoms with Crippen molar-refractivity contribution in [2.24, 2.45) is 17.8 Å². The molecule has 3 aliphatic rings. The highest BCUT2D eigenvalue weighted by Gasteiger charge is 2.52. The quantitative estimate of drug-likeness (QED) is 0.805. The predicted molar refractivity (Wildman–Crippen MR) is 86.9 cm³/mol. The zero-order chi connectivity index (χ0) is 15.5. The maximum absolute atomic E-state index is 6.08. The first-order valence-corrected chi connectivity index (χ1v) is 8.73. The van der Waals surface area contributed by atoms with Gasteiger partial charge in [-0.3, -0.25) is 4.68 Å². The number of nitrogens with zero attached hydrogens (tertiary/aromatic N) is 2. The third-order valence-electron chi connectivity index (χ3n) is 6.46. The lowest BCUT2D eigenvalue weighted by Gasteiger charge is -2.32. The third kappa shape index (κ3) is 2.33. The van der Waals surface area contributed by atoms with Crippen molar-refractivity contribution in [1.82, 2.24) is 9.78 Å². The molecule has 1 aromatic heterocycles. The van der Waals surface area contributed by atoms with Gasteiger partial charge in [-0.2, -0.15) is 5.10 Å². The topological polar surface area (TPSA) is 36.3 Å². The SMILES string of the molecule is CC1(C)OB(c2ccn(CC3CC4CCC3C4)n2)OC1(C)C. The minimum Gasteiger partial charge on any atom is -0.398 e. The predicted octanol–water partition coefficient (Wildman–Crippen LogP) is 2.62. The zero-order valence-electron chi connectivity index (χ0n) is 14.2. The molecule has 0 aromatic carbocycles. The van der Waals surface area contributed by atoms with E-state index in [2.05, 4.69) is 44.6 Å². The Labute approximate surface area is 133 Å². The summed E-state index contributed by atoms with van der Waals surface area (Å²) in [5.41, 5.74) is 0.305. The second-order valence-corrected chi connectivity index (χ2v) is 8.49. The minimum absolute atomic E-state index is 0.300. The molecule has 1 aliphatic heterocycles. The van der Waals surface area contributed by atoms with E-state index in [1.54, 1.807) is 0 Å². The van der Waals surface area contributed by atoms with Crippen molar-refractivity contribution in [2.75, 3.05) is 0 Å². The molecule has 2 saturated carbocycles. The van der Waals surface area contributed by atoms with E-state index in [4.69, 9.17) is 14.4 Å². The summed E-state index contributed by atoms with van der Waals surface area (Å²) in [5.74, 6) is 2.76. The van der Waals surface area contributed by atoms with Gasteiger partial charge in [0.2, 0.25) is 0 Å². The Morgan fingerprint density at radius 2 is 1.91 bits per heavy atom. The van der Waals surface area contributed by atoms with Crippen molar-refractivity contribution in [3.05, 3.63) is 12.3 Å². The fourth-order valence-corrected chi connectivity index (χ4v) is 4.41. The zero-order valence-corrected chi connectivity index (χ0v) is 14.2. The summed E-state index contributed by atoms with van der Waals surface area (Å²) in [5, 5.41) is 4.74. The summed E-state index contributed by atoms with van der Waals surface area (Å²) in [6.45, 7) is 9.39. The first-order chi connectivity index (χ1) is 10.3. The summed E-state index contributed by atoms with van der Waals surface area (Å²) >= 11 is 0. The molecule has 0 N–H and O–H groups in total. The van der Waals surface area contributed by atoms with Crippen molar-refractivity contribution in [1.29, 1.82) is 0 Å². The van der Waals surface area contributed by atoms with Gasteiger partial charge in [0.05, 0.1) is 16.8 Å². The average Bonchev–Trinajstić information content (AvgIpc) is 3.14. The van der Waals surface area contributed by atoms with Gasteiger partial charge in [-0.25, -0.2) is 0 Å². The van der Waals surface area contributed by atoms with E-state index < -0.39 is 0 Å². The lowest BCUT2D eigenvalue weighted by molar-refractivity contribution is 0.00578. The van der Waals surface area contributed by atoms with Crippen LogP contribution in [0.25, 0.3) is 0 Å². The Morgan fingerprint density at radius 3 is 2.50 bits per heavy atom. The van der Waals surface area contributed by atoms with Gasteiger partial charge >= 0.3 is 7.12 Å². The molecule has 2 bridgehead atoms. The van der Waals surface area contributed by atoms with E-state index in [9.17, 15) is 0 Å². The Bertz CT molecular complexity index is 553. The molecule has 120 valence electrons. The van der Waals surface area contributed by atoms with Gasteiger partial charge < -0.3 is 9.31 Å². The summed E-state index contributed by atoms with van der Waals surface area (Å²) in [4.78, 5) is 0. The summed E-state index contributed by atoms with van der Waals surface area (Å²) in [6, 6.07) is 2.05. The number of fused-ring (bicyclic) bond motifs is 2. The minimum atomic E-state index is -0.341. The molecule has 0 radical (unpaired) electrons. The molecular weight excluding hydrogens is 275 g/mol. The van der Waals surface area contributed by atoms with Crippen LogP contribution >= 0.6 is 0 Å². The smallest absolute Gasteiger partial charge is 0.398 e. The molecule has 1 saturated heterocycles. The molecule has 1 aromatic rings. The highest BCUT2D eigenvalue weighted by Crippen LogP contribution is 2.48. The van der Waals surface area contributed by atoms with Crippen molar-refractivity contribution in [3.8, 4) is 0 Å². The molecule has 0 spiro atoms. The van der Waals surface area contributed by atoms with Gasteiger partial charge in [0.25, 0.3) is 0 Å². The molecular formula is C17H27BN2O2. The molecule has 3 atom stereocenters. The fourth-order valence-electron chi connectivity index (χ4n) is 4.41. The van der Waals surface area contributed by atoms with Crippen LogP contribution in [0.1, 0.15) is 53.4 Å². The molecule has 2 heterocycles. The highest BCUT2D eigenvalue weighted by atomic mass is 16.7. The Balaban J connectivity index is 1.44. The van der Waals surface area contributed by atoms with E-state index in [1.807, 2.05) is 0 Å². The van der Waals surface area contributed by atoms with Gasteiger partial charge in [-0.1, -0.05) is 6.42 Å². The van der Waals surface area contributed by atoms with Crippen molar-refractivity contribution in [3.63, 3.8) is 0 Å². The van der Waals surface area contributed by atoms with Crippen LogP contribution < -0.4 is 5.59 Å². The fraction of sp³-hybridized carbons (Fsp3) is 0.824. The van der Waals surface area contributed by atoms with Crippen molar-refractivity contribution < 1.29 is 9.31 Å². The van der Waals surface area contributed by atoms with E-state index >= 15 is 0 Å². The Morgan fingerprint density at radius 1 is 1.18 bits per heavy atom. The van der Waals surface area contributed by atoms with Crippen LogP contribution in [0.4, 0.5) is 0 Å². The lowest BCUT2D eigenvalue weighted by atomic mass is 9.85. The standard InChI is InChI=1S/C17H27BN2O2/c1-16(2)17(3,4)22-18(21-16)15-7-8-20(19-15)11-14-10-12-5-6-13(14)9-12/h7-8,12-14H,5-6,9-11H2,1-4H3. The number of aromatic nitrogens is 2. The van der Waals surface area contributed by atoms with E-state index in [1.165, 1.54) is 25.7 Å². The van der Waals surface area contributed by atoms with Crippen LogP contribution in [0.3, 0.4) is 0 Å². The number of hydrogen-bond donors (Lipinski definition) is 0. The third-order valence-corrected chi connectivity index (χ3v) is 6.46. The van der Waals surface area contributed by atoms with Crippen molar-refractivity contribution >= 4 is 12.7 Å². The largest absolute Gasteiger partial charge is 0.516 e. The molecule has 4 rings (SSSR count). The maximum Gasteiger partial charge on any atom is 0.516 e. The Kier molecular flexibility index (Phi) is 3.25. The second kappa shape index (κ2) is 4.84. The van der Waals surface area contributed by atoms with Crippen LogP contribution in [0.2, 0.25) is 0 Å².